The molecular formula is C15H22N2O3S. The standard InChI is InChI=1S/C15H22N2O3S/c1-15(2,3)17-14(18)9-11-16-21(19,20)12-10-13-7-5-4-6-8-13/h4-8,10,12,16H,9,11H2,1-3H3,(H,17,18)/b12-10+. The first-order chi connectivity index (χ1) is 9.68. The number of carbonyl (C=O) groups is 1. The first-order valence-corrected chi connectivity index (χ1v) is 8.26. The van der Waals surface area contributed by atoms with Crippen LogP contribution in [0, 0.1) is 0 Å². The quantitative estimate of drug-likeness (QED) is 0.842. The summed E-state index contributed by atoms with van der Waals surface area (Å²) >= 11 is 0. The number of amides is 1. The first-order valence-electron chi connectivity index (χ1n) is 6.72. The van der Waals surface area contributed by atoms with Gasteiger partial charge in [-0.2, -0.15) is 0 Å². The molecule has 2 N–H and O–H groups in total. The van der Waals surface area contributed by atoms with Crippen LogP contribution in [0.2, 0.25) is 0 Å². The average molecular weight is 310 g/mol. The van der Waals surface area contributed by atoms with Crippen LogP contribution in [0.4, 0.5) is 0 Å². The van der Waals surface area contributed by atoms with Crippen molar-refractivity contribution in [2.75, 3.05) is 6.54 Å². The van der Waals surface area contributed by atoms with Crippen LogP contribution in [-0.2, 0) is 14.8 Å². The second-order valence-electron chi connectivity index (χ2n) is 5.70. The molecule has 1 aromatic carbocycles. The molecule has 0 bridgehead atoms. The monoisotopic (exact) mass is 310 g/mol. The van der Waals surface area contributed by atoms with Crippen molar-refractivity contribution in [1.29, 1.82) is 0 Å². The summed E-state index contributed by atoms with van der Waals surface area (Å²) in [6.45, 7) is 5.69. The Morgan fingerprint density at radius 2 is 1.81 bits per heavy atom. The van der Waals surface area contributed by atoms with Gasteiger partial charge in [-0.3, -0.25) is 4.79 Å². The third-order valence-electron chi connectivity index (χ3n) is 2.41. The van der Waals surface area contributed by atoms with Crippen LogP contribution in [0.1, 0.15) is 32.8 Å². The molecule has 0 spiro atoms. The lowest BCUT2D eigenvalue weighted by Gasteiger charge is -2.20. The summed E-state index contributed by atoms with van der Waals surface area (Å²) in [5, 5.41) is 3.87. The van der Waals surface area contributed by atoms with Crippen LogP contribution in [0.5, 0.6) is 0 Å². The van der Waals surface area contributed by atoms with E-state index in [2.05, 4.69) is 10.0 Å². The number of rotatable bonds is 6. The van der Waals surface area contributed by atoms with Crippen LogP contribution in [-0.4, -0.2) is 26.4 Å². The zero-order valence-corrected chi connectivity index (χ0v) is 13.4. The van der Waals surface area contributed by atoms with Gasteiger partial charge in [0.05, 0.1) is 0 Å². The molecule has 0 aliphatic heterocycles. The number of nitrogens with one attached hydrogen (secondary N) is 2. The number of sulfonamides is 1. The molecule has 0 saturated heterocycles. The van der Waals surface area contributed by atoms with Crippen LogP contribution in [0.15, 0.2) is 35.7 Å². The van der Waals surface area contributed by atoms with Gasteiger partial charge in [-0.25, -0.2) is 13.1 Å². The molecule has 1 amide bonds. The number of carbonyl (C=O) groups excluding carboxylic acids is 1. The van der Waals surface area contributed by atoms with Crippen molar-refractivity contribution in [2.45, 2.75) is 32.7 Å². The summed E-state index contributed by atoms with van der Waals surface area (Å²) in [5.74, 6) is -0.183. The lowest BCUT2D eigenvalue weighted by molar-refractivity contribution is -0.122. The summed E-state index contributed by atoms with van der Waals surface area (Å²) in [7, 11) is -3.53. The molecule has 0 radical (unpaired) electrons. The van der Waals surface area contributed by atoms with E-state index in [4.69, 9.17) is 0 Å². The molecule has 21 heavy (non-hydrogen) atoms. The predicted octanol–water partition coefficient (Wildman–Crippen LogP) is 1.88. The van der Waals surface area contributed by atoms with Gasteiger partial charge < -0.3 is 5.32 Å². The van der Waals surface area contributed by atoms with Crippen molar-refractivity contribution < 1.29 is 13.2 Å². The Hall–Kier alpha value is -1.66. The maximum atomic E-state index is 11.7. The highest BCUT2D eigenvalue weighted by atomic mass is 32.2. The molecule has 116 valence electrons. The summed E-state index contributed by atoms with van der Waals surface area (Å²) in [4.78, 5) is 11.6. The Bertz CT molecular complexity index is 587. The summed E-state index contributed by atoms with van der Waals surface area (Å²) in [5.41, 5.74) is 0.483. The minimum atomic E-state index is -3.53. The Kier molecular flexibility index (Phi) is 6.11. The van der Waals surface area contributed by atoms with Gasteiger partial charge in [0.25, 0.3) is 0 Å². The largest absolute Gasteiger partial charge is 0.351 e. The fourth-order valence-electron chi connectivity index (χ4n) is 1.57. The smallest absolute Gasteiger partial charge is 0.233 e. The van der Waals surface area contributed by atoms with Gasteiger partial charge in [0.15, 0.2) is 0 Å². The maximum Gasteiger partial charge on any atom is 0.233 e. The number of hydrogen-bond acceptors (Lipinski definition) is 3. The van der Waals surface area contributed by atoms with E-state index in [1.54, 1.807) is 0 Å². The molecule has 5 nitrogen and oxygen atoms in total. The summed E-state index contributed by atoms with van der Waals surface area (Å²) < 4.78 is 25.9. The Morgan fingerprint density at radius 1 is 1.19 bits per heavy atom. The average Bonchev–Trinajstić information content (AvgIpc) is 2.35. The van der Waals surface area contributed by atoms with E-state index in [1.165, 1.54) is 6.08 Å². The zero-order valence-electron chi connectivity index (χ0n) is 12.6. The Morgan fingerprint density at radius 3 is 2.38 bits per heavy atom. The topological polar surface area (TPSA) is 75.3 Å². The van der Waals surface area contributed by atoms with Crippen molar-refractivity contribution in [3.8, 4) is 0 Å². The predicted molar refractivity (Wildman–Crippen MR) is 84.9 cm³/mol. The molecule has 1 rings (SSSR count). The molecule has 0 aromatic heterocycles. The summed E-state index contributed by atoms with van der Waals surface area (Å²) in [6.07, 6.45) is 1.62. The third-order valence-corrected chi connectivity index (χ3v) is 3.51. The number of hydrogen-bond donors (Lipinski definition) is 2. The second-order valence-corrected chi connectivity index (χ2v) is 7.35. The minimum absolute atomic E-state index is 0.0728. The first kappa shape index (κ1) is 17.4. The van der Waals surface area contributed by atoms with Crippen LogP contribution < -0.4 is 10.0 Å². The zero-order chi connectivity index (χ0) is 15.9. The molecule has 6 heteroatoms. The van der Waals surface area contributed by atoms with Gasteiger partial charge in [0.1, 0.15) is 0 Å². The molecule has 0 unspecified atom stereocenters. The molecular weight excluding hydrogens is 288 g/mol. The van der Waals surface area contributed by atoms with Crippen LogP contribution in [0.3, 0.4) is 0 Å². The molecule has 0 aliphatic carbocycles. The van der Waals surface area contributed by atoms with Crippen molar-refractivity contribution in [2.24, 2.45) is 0 Å². The number of benzene rings is 1. The van der Waals surface area contributed by atoms with Crippen LogP contribution in [0.25, 0.3) is 6.08 Å². The normalized spacial score (nSPS) is 12.5. The molecule has 0 fully saturated rings. The molecule has 0 atom stereocenters. The molecule has 0 heterocycles. The molecule has 0 aliphatic rings. The van der Waals surface area contributed by atoms with E-state index >= 15 is 0 Å². The van der Waals surface area contributed by atoms with E-state index < -0.39 is 10.0 Å². The van der Waals surface area contributed by atoms with Gasteiger partial charge in [0.2, 0.25) is 15.9 Å². The Balaban J connectivity index is 2.44. The van der Waals surface area contributed by atoms with E-state index in [9.17, 15) is 13.2 Å². The lowest BCUT2D eigenvalue weighted by Crippen LogP contribution is -2.41. The SMILES string of the molecule is CC(C)(C)NC(=O)CCNS(=O)(=O)/C=C/c1ccccc1. The highest BCUT2D eigenvalue weighted by molar-refractivity contribution is 7.92. The highest BCUT2D eigenvalue weighted by Gasteiger charge is 2.14. The van der Waals surface area contributed by atoms with Gasteiger partial charge in [-0.05, 0) is 32.4 Å². The van der Waals surface area contributed by atoms with E-state index in [0.29, 0.717) is 0 Å². The maximum absolute atomic E-state index is 11.7. The van der Waals surface area contributed by atoms with Crippen molar-refractivity contribution in [3.63, 3.8) is 0 Å². The van der Waals surface area contributed by atoms with Gasteiger partial charge in [-0.1, -0.05) is 30.3 Å². The fourth-order valence-corrected chi connectivity index (χ4v) is 2.39. The van der Waals surface area contributed by atoms with Crippen molar-refractivity contribution in [3.05, 3.63) is 41.3 Å². The lowest BCUT2D eigenvalue weighted by atomic mass is 10.1. The molecule has 1 aromatic rings. The highest BCUT2D eigenvalue weighted by Crippen LogP contribution is 2.03. The Labute approximate surface area is 126 Å². The van der Waals surface area contributed by atoms with Crippen molar-refractivity contribution in [1.82, 2.24) is 10.0 Å². The van der Waals surface area contributed by atoms with Crippen LogP contribution >= 0.6 is 0 Å². The second kappa shape index (κ2) is 7.38. The van der Waals surface area contributed by atoms with Gasteiger partial charge >= 0.3 is 0 Å². The van der Waals surface area contributed by atoms with E-state index in [1.807, 2.05) is 51.1 Å². The third kappa shape index (κ3) is 8.27. The van der Waals surface area contributed by atoms with Gasteiger partial charge in [0, 0.05) is 23.9 Å². The van der Waals surface area contributed by atoms with E-state index in [0.717, 1.165) is 11.0 Å². The van der Waals surface area contributed by atoms with Crippen molar-refractivity contribution >= 4 is 22.0 Å². The summed E-state index contributed by atoms with van der Waals surface area (Å²) in [6, 6.07) is 9.14. The van der Waals surface area contributed by atoms with Gasteiger partial charge in [-0.15, -0.1) is 0 Å². The van der Waals surface area contributed by atoms with E-state index in [-0.39, 0.29) is 24.4 Å². The minimum Gasteiger partial charge on any atom is -0.351 e. The molecule has 0 saturated carbocycles. The fraction of sp³-hybridized carbons (Fsp3) is 0.400.